The quantitative estimate of drug-likeness (QED) is 0.754. The maximum atomic E-state index is 11.5. The van der Waals surface area contributed by atoms with Gasteiger partial charge in [0, 0.05) is 12.6 Å². The van der Waals surface area contributed by atoms with Crippen LogP contribution in [-0.4, -0.2) is 9.55 Å². The highest BCUT2D eigenvalue weighted by atomic mass is 16.1. The van der Waals surface area contributed by atoms with Gasteiger partial charge < -0.3 is 10.7 Å². The predicted molar refractivity (Wildman–Crippen MR) is 63.3 cm³/mol. The van der Waals surface area contributed by atoms with Crippen LogP contribution in [0, 0.1) is 0 Å². The first kappa shape index (κ1) is 9.66. The molecule has 1 saturated carbocycles. The number of hydrogen-bond donors (Lipinski definition) is 2. The Morgan fingerprint density at radius 2 is 2.19 bits per heavy atom. The van der Waals surface area contributed by atoms with Gasteiger partial charge in [-0.15, -0.1) is 0 Å². The lowest BCUT2D eigenvalue weighted by Crippen LogP contribution is -2.43. The van der Waals surface area contributed by atoms with Gasteiger partial charge in [0.2, 0.25) is 0 Å². The van der Waals surface area contributed by atoms with Crippen molar-refractivity contribution in [3.63, 3.8) is 0 Å². The predicted octanol–water partition coefficient (Wildman–Crippen LogP) is 1.20. The summed E-state index contributed by atoms with van der Waals surface area (Å²) in [4.78, 5) is 14.3. The zero-order chi connectivity index (χ0) is 11.3. The molecule has 0 spiro atoms. The van der Waals surface area contributed by atoms with Gasteiger partial charge in [0.25, 0.3) is 0 Å². The molecular formula is C12H15N3O. The average Bonchev–Trinajstić information content (AvgIpc) is 2.51. The summed E-state index contributed by atoms with van der Waals surface area (Å²) >= 11 is 0. The second-order valence-corrected chi connectivity index (χ2v) is 4.73. The minimum Gasteiger partial charge on any atom is -0.321 e. The molecule has 3 rings (SSSR count). The van der Waals surface area contributed by atoms with Crippen molar-refractivity contribution in [2.45, 2.75) is 24.8 Å². The normalized spacial score (nSPS) is 18.6. The Morgan fingerprint density at radius 1 is 1.44 bits per heavy atom. The van der Waals surface area contributed by atoms with Gasteiger partial charge in [-0.2, -0.15) is 0 Å². The van der Waals surface area contributed by atoms with Crippen LogP contribution in [-0.2, 0) is 12.6 Å². The van der Waals surface area contributed by atoms with Crippen LogP contribution in [0.3, 0.4) is 0 Å². The maximum Gasteiger partial charge on any atom is 0.326 e. The minimum absolute atomic E-state index is 0.0770. The van der Waals surface area contributed by atoms with E-state index in [1.807, 2.05) is 18.2 Å². The Labute approximate surface area is 93.1 Å². The van der Waals surface area contributed by atoms with Gasteiger partial charge in [-0.25, -0.2) is 4.79 Å². The van der Waals surface area contributed by atoms with E-state index in [1.54, 1.807) is 11.6 Å². The maximum absolute atomic E-state index is 11.5. The van der Waals surface area contributed by atoms with Gasteiger partial charge in [-0.1, -0.05) is 6.07 Å². The summed E-state index contributed by atoms with van der Waals surface area (Å²) < 4.78 is 1.61. The lowest BCUT2D eigenvalue weighted by Gasteiger charge is -2.38. The van der Waals surface area contributed by atoms with E-state index in [4.69, 9.17) is 5.73 Å². The van der Waals surface area contributed by atoms with Crippen LogP contribution in [0.1, 0.15) is 24.8 Å². The highest BCUT2D eigenvalue weighted by Gasteiger charge is 2.34. The zero-order valence-electron chi connectivity index (χ0n) is 9.29. The first-order valence-electron chi connectivity index (χ1n) is 5.58. The molecule has 2 aromatic rings. The van der Waals surface area contributed by atoms with Gasteiger partial charge in [-0.05, 0) is 37.0 Å². The number of H-pyrrole nitrogens is 1. The first-order chi connectivity index (χ1) is 7.60. The molecular weight excluding hydrogens is 202 g/mol. The van der Waals surface area contributed by atoms with Gasteiger partial charge >= 0.3 is 5.69 Å². The summed E-state index contributed by atoms with van der Waals surface area (Å²) in [5, 5.41) is 0. The fourth-order valence-corrected chi connectivity index (χ4v) is 2.39. The summed E-state index contributed by atoms with van der Waals surface area (Å²) in [6.45, 7) is 0. The summed E-state index contributed by atoms with van der Waals surface area (Å²) in [7, 11) is 1.77. The van der Waals surface area contributed by atoms with E-state index in [0.29, 0.717) is 0 Å². The summed E-state index contributed by atoms with van der Waals surface area (Å²) in [5.74, 6) is 0. The van der Waals surface area contributed by atoms with Gasteiger partial charge in [0.05, 0.1) is 11.0 Å². The molecule has 16 heavy (non-hydrogen) atoms. The van der Waals surface area contributed by atoms with Crippen molar-refractivity contribution in [2.24, 2.45) is 12.8 Å². The first-order valence-corrected chi connectivity index (χ1v) is 5.58. The van der Waals surface area contributed by atoms with Crippen LogP contribution >= 0.6 is 0 Å². The Balaban J connectivity index is 2.20. The lowest BCUT2D eigenvalue weighted by atomic mass is 9.73. The van der Waals surface area contributed by atoms with Crippen molar-refractivity contribution in [2.75, 3.05) is 0 Å². The van der Waals surface area contributed by atoms with E-state index in [1.165, 1.54) is 6.42 Å². The number of aromatic nitrogens is 2. The topological polar surface area (TPSA) is 63.8 Å². The van der Waals surface area contributed by atoms with Crippen LogP contribution < -0.4 is 11.4 Å². The third-order valence-electron chi connectivity index (χ3n) is 3.72. The fourth-order valence-electron chi connectivity index (χ4n) is 2.39. The molecule has 84 valence electrons. The van der Waals surface area contributed by atoms with E-state index in [2.05, 4.69) is 4.98 Å². The number of nitrogens with two attached hydrogens (primary N) is 1. The van der Waals surface area contributed by atoms with E-state index in [0.717, 1.165) is 29.4 Å². The molecule has 1 aromatic carbocycles. The standard InChI is InChI=1S/C12H15N3O/c1-15-10-4-3-8(12(13)5-2-6-12)7-9(10)14-11(15)16/h3-4,7H,2,5-6,13H2,1H3,(H,14,16). The summed E-state index contributed by atoms with van der Waals surface area (Å²) in [5.41, 5.74) is 8.95. The largest absolute Gasteiger partial charge is 0.326 e. The summed E-state index contributed by atoms with van der Waals surface area (Å²) in [6, 6.07) is 6.01. The second kappa shape index (κ2) is 2.98. The number of rotatable bonds is 1. The molecule has 0 bridgehead atoms. The van der Waals surface area contributed by atoms with Crippen molar-refractivity contribution in [1.82, 2.24) is 9.55 Å². The van der Waals surface area contributed by atoms with Crippen molar-refractivity contribution in [3.05, 3.63) is 34.2 Å². The molecule has 4 nitrogen and oxygen atoms in total. The van der Waals surface area contributed by atoms with Gasteiger partial charge in [-0.3, -0.25) is 4.57 Å². The molecule has 1 aliphatic carbocycles. The Hall–Kier alpha value is -1.55. The molecule has 0 unspecified atom stereocenters. The van der Waals surface area contributed by atoms with Crippen LogP contribution in [0.2, 0.25) is 0 Å². The highest BCUT2D eigenvalue weighted by Crippen LogP contribution is 2.39. The number of nitrogens with zero attached hydrogens (tertiary/aromatic N) is 1. The van der Waals surface area contributed by atoms with Crippen LogP contribution in [0.15, 0.2) is 23.0 Å². The van der Waals surface area contributed by atoms with Crippen molar-refractivity contribution < 1.29 is 0 Å². The number of fused-ring (bicyclic) bond motifs is 1. The third-order valence-corrected chi connectivity index (χ3v) is 3.72. The molecule has 0 aliphatic heterocycles. The van der Waals surface area contributed by atoms with E-state index < -0.39 is 0 Å². The monoisotopic (exact) mass is 217 g/mol. The number of benzene rings is 1. The molecule has 1 aliphatic rings. The Kier molecular flexibility index (Phi) is 1.80. The second-order valence-electron chi connectivity index (χ2n) is 4.73. The average molecular weight is 217 g/mol. The summed E-state index contributed by atoms with van der Waals surface area (Å²) in [6.07, 6.45) is 3.27. The van der Waals surface area contributed by atoms with E-state index in [9.17, 15) is 4.79 Å². The van der Waals surface area contributed by atoms with Crippen LogP contribution in [0.25, 0.3) is 11.0 Å². The smallest absolute Gasteiger partial charge is 0.321 e. The van der Waals surface area contributed by atoms with Crippen LogP contribution in [0.5, 0.6) is 0 Å². The molecule has 0 amide bonds. The third kappa shape index (κ3) is 1.16. The molecule has 0 atom stereocenters. The highest BCUT2D eigenvalue weighted by molar-refractivity contribution is 5.76. The van der Waals surface area contributed by atoms with Crippen molar-refractivity contribution in [3.8, 4) is 0 Å². The van der Waals surface area contributed by atoms with Crippen molar-refractivity contribution in [1.29, 1.82) is 0 Å². The molecule has 0 radical (unpaired) electrons. The van der Waals surface area contributed by atoms with Crippen molar-refractivity contribution >= 4 is 11.0 Å². The zero-order valence-corrected chi connectivity index (χ0v) is 9.29. The van der Waals surface area contributed by atoms with E-state index >= 15 is 0 Å². The minimum atomic E-state index is -0.166. The number of aromatic amines is 1. The Morgan fingerprint density at radius 3 is 2.81 bits per heavy atom. The van der Waals surface area contributed by atoms with E-state index in [-0.39, 0.29) is 11.2 Å². The SMILES string of the molecule is Cn1c(=O)[nH]c2cc(C3(N)CCC3)ccc21. The van der Waals surface area contributed by atoms with Gasteiger partial charge in [0.1, 0.15) is 0 Å². The Bertz CT molecular complexity index is 604. The molecule has 0 saturated heterocycles. The molecule has 4 heteroatoms. The fraction of sp³-hybridized carbons (Fsp3) is 0.417. The number of aryl methyl sites for hydroxylation is 1. The lowest BCUT2D eigenvalue weighted by molar-refractivity contribution is 0.254. The molecule has 1 fully saturated rings. The molecule has 1 heterocycles. The molecule has 3 N–H and O–H groups in total. The number of nitrogens with one attached hydrogen (secondary N) is 1. The number of imidazole rings is 1. The van der Waals surface area contributed by atoms with Crippen LogP contribution in [0.4, 0.5) is 0 Å². The van der Waals surface area contributed by atoms with Gasteiger partial charge in [0.15, 0.2) is 0 Å². The molecule has 1 aromatic heterocycles. The number of hydrogen-bond acceptors (Lipinski definition) is 2.